The number of amides is 1. The fourth-order valence-corrected chi connectivity index (χ4v) is 4.30. The molecule has 1 heterocycles. The van der Waals surface area contributed by atoms with Crippen LogP contribution in [0.15, 0.2) is 29.3 Å². The predicted octanol–water partition coefficient (Wildman–Crippen LogP) is 3.73. The quantitative estimate of drug-likeness (QED) is 0.571. The van der Waals surface area contributed by atoms with Gasteiger partial charge in [-0.2, -0.15) is 4.99 Å². The van der Waals surface area contributed by atoms with Crippen LogP contribution < -0.4 is 19.0 Å². The lowest BCUT2D eigenvalue weighted by molar-refractivity contribution is 0.0996. The van der Waals surface area contributed by atoms with Gasteiger partial charge in [0.25, 0.3) is 5.91 Å². The topological polar surface area (TPSA) is 71.3 Å². The fourth-order valence-electron chi connectivity index (χ4n) is 3.16. The zero-order valence-electron chi connectivity index (χ0n) is 18.1. The molecular weight excluding hydrogens is 404 g/mol. The van der Waals surface area contributed by atoms with Crippen LogP contribution in [-0.2, 0) is 11.3 Å². The highest BCUT2D eigenvalue weighted by molar-refractivity contribution is 7.16. The van der Waals surface area contributed by atoms with E-state index in [9.17, 15) is 4.79 Å². The maximum absolute atomic E-state index is 13.0. The lowest BCUT2D eigenvalue weighted by atomic mass is 10.1. The Balaban J connectivity index is 2.15. The number of thiazole rings is 1. The van der Waals surface area contributed by atoms with E-state index in [0.717, 1.165) is 10.2 Å². The molecule has 0 radical (unpaired) electrons. The highest BCUT2D eigenvalue weighted by Crippen LogP contribution is 2.38. The summed E-state index contributed by atoms with van der Waals surface area (Å²) < 4.78 is 24.4. The van der Waals surface area contributed by atoms with Gasteiger partial charge < -0.3 is 23.5 Å². The van der Waals surface area contributed by atoms with Crippen molar-refractivity contribution in [3.05, 3.63) is 45.8 Å². The number of nitrogens with zero attached hydrogens (tertiary/aromatic N) is 2. The summed E-state index contributed by atoms with van der Waals surface area (Å²) in [5.74, 6) is 0.857. The van der Waals surface area contributed by atoms with Crippen molar-refractivity contribution in [2.24, 2.45) is 4.99 Å². The molecule has 0 saturated carbocycles. The van der Waals surface area contributed by atoms with Gasteiger partial charge in [-0.15, -0.1) is 0 Å². The van der Waals surface area contributed by atoms with E-state index in [4.69, 9.17) is 18.9 Å². The Morgan fingerprint density at radius 1 is 0.967 bits per heavy atom. The molecule has 0 unspecified atom stereocenters. The minimum absolute atomic E-state index is 0.354. The van der Waals surface area contributed by atoms with Crippen molar-refractivity contribution in [3.63, 3.8) is 0 Å². The SMILES string of the molecule is COCCn1c(=NC(=O)c2cc(OC)c(OC)c(OC)c2)sc2cc(C)c(C)cc21. The van der Waals surface area contributed by atoms with E-state index >= 15 is 0 Å². The summed E-state index contributed by atoms with van der Waals surface area (Å²) in [4.78, 5) is 18.1. The van der Waals surface area contributed by atoms with Crippen LogP contribution in [0.25, 0.3) is 10.2 Å². The summed E-state index contributed by atoms with van der Waals surface area (Å²) in [6, 6.07) is 7.46. The first-order chi connectivity index (χ1) is 14.4. The molecule has 0 aliphatic carbocycles. The van der Waals surface area contributed by atoms with Gasteiger partial charge in [0.15, 0.2) is 16.3 Å². The van der Waals surface area contributed by atoms with Crippen LogP contribution in [0.4, 0.5) is 0 Å². The van der Waals surface area contributed by atoms with E-state index in [-0.39, 0.29) is 5.91 Å². The Labute approximate surface area is 179 Å². The number of rotatable bonds is 7. The number of fused-ring (bicyclic) bond motifs is 1. The standard InChI is InChI=1S/C22H26N2O5S/c1-13-9-16-19(10-14(13)2)30-22(24(16)7-8-26-3)23-21(25)15-11-17(27-4)20(29-6)18(12-15)28-5/h9-12H,7-8H2,1-6H3. The van der Waals surface area contributed by atoms with Crippen molar-refractivity contribution in [2.75, 3.05) is 35.0 Å². The number of hydrogen-bond donors (Lipinski definition) is 0. The number of aromatic nitrogens is 1. The van der Waals surface area contributed by atoms with Crippen LogP contribution in [0, 0.1) is 13.8 Å². The second-order valence-electron chi connectivity index (χ2n) is 6.76. The van der Waals surface area contributed by atoms with Gasteiger partial charge in [-0.1, -0.05) is 11.3 Å². The summed E-state index contributed by atoms with van der Waals surface area (Å²) in [6.45, 7) is 5.27. The molecule has 0 fully saturated rings. The summed E-state index contributed by atoms with van der Waals surface area (Å²) in [5, 5.41) is 0. The van der Waals surface area contributed by atoms with Crippen LogP contribution in [0.5, 0.6) is 17.2 Å². The number of ether oxygens (including phenoxy) is 4. The first kappa shape index (κ1) is 21.9. The van der Waals surface area contributed by atoms with Crippen molar-refractivity contribution in [1.82, 2.24) is 4.57 Å². The van der Waals surface area contributed by atoms with E-state index < -0.39 is 0 Å². The van der Waals surface area contributed by atoms with E-state index in [2.05, 4.69) is 31.0 Å². The van der Waals surface area contributed by atoms with Crippen molar-refractivity contribution in [3.8, 4) is 17.2 Å². The first-order valence-electron chi connectivity index (χ1n) is 9.42. The third-order valence-corrected chi connectivity index (χ3v) is 5.97. The van der Waals surface area contributed by atoms with Gasteiger partial charge in [-0.3, -0.25) is 4.79 Å². The Hall–Kier alpha value is -2.84. The Kier molecular flexibility index (Phi) is 6.79. The van der Waals surface area contributed by atoms with Crippen molar-refractivity contribution < 1.29 is 23.7 Å². The van der Waals surface area contributed by atoms with E-state index in [0.29, 0.717) is 40.8 Å². The number of hydrogen-bond acceptors (Lipinski definition) is 6. The molecule has 3 aromatic rings. The fraction of sp³-hybridized carbons (Fsp3) is 0.364. The molecule has 1 amide bonds. The van der Waals surface area contributed by atoms with Crippen LogP contribution in [-0.4, -0.2) is 45.5 Å². The van der Waals surface area contributed by atoms with Crippen molar-refractivity contribution in [2.45, 2.75) is 20.4 Å². The van der Waals surface area contributed by atoms with Gasteiger partial charge in [0, 0.05) is 19.2 Å². The largest absolute Gasteiger partial charge is 0.493 e. The first-order valence-corrected chi connectivity index (χ1v) is 10.2. The molecule has 0 aliphatic heterocycles. The van der Waals surface area contributed by atoms with Gasteiger partial charge in [0.1, 0.15) is 0 Å². The predicted molar refractivity (Wildman–Crippen MR) is 117 cm³/mol. The van der Waals surface area contributed by atoms with Crippen LogP contribution >= 0.6 is 11.3 Å². The maximum atomic E-state index is 13.0. The van der Waals surface area contributed by atoms with Gasteiger partial charge >= 0.3 is 0 Å². The molecule has 3 rings (SSSR count). The number of methoxy groups -OCH3 is 4. The summed E-state index contributed by atoms with van der Waals surface area (Å²) in [7, 11) is 6.20. The van der Waals surface area contributed by atoms with E-state index in [1.807, 2.05) is 4.57 Å². The molecular formula is C22H26N2O5S. The molecule has 0 N–H and O–H groups in total. The number of benzene rings is 2. The van der Waals surface area contributed by atoms with Gasteiger partial charge in [0.2, 0.25) is 5.75 Å². The lowest BCUT2D eigenvalue weighted by Gasteiger charge is -2.12. The van der Waals surface area contributed by atoms with Gasteiger partial charge in [-0.05, 0) is 49.2 Å². The van der Waals surface area contributed by atoms with Crippen molar-refractivity contribution >= 4 is 27.5 Å². The zero-order valence-corrected chi connectivity index (χ0v) is 18.9. The second-order valence-corrected chi connectivity index (χ2v) is 7.77. The number of carbonyl (C=O) groups is 1. The molecule has 0 spiro atoms. The molecule has 160 valence electrons. The summed E-state index contributed by atoms with van der Waals surface area (Å²) >= 11 is 1.48. The van der Waals surface area contributed by atoms with Gasteiger partial charge in [-0.25, -0.2) is 0 Å². The van der Waals surface area contributed by atoms with Crippen LogP contribution in [0.2, 0.25) is 0 Å². The Bertz CT molecular complexity index is 1120. The van der Waals surface area contributed by atoms with E-state index in [1.54, 1.807) is 19.2 Å². The highest BCUT2D eigenvalue weighted by atomic mass is 32.1. The Morgan fingerprint density at radius 3 is 2.17 bits per heavy atom. The summed E-state index contributed by atoms with van der Waals surface area (Å²) in [5.41, 5.74) is 3.78. The summed E-state index contributed by atoms with van der Waals surface area (Å²) in [6.07, 6.45) is 0. The molecule has 0 saturated heterocycles. The number of carbonyl (C=O) groups excluding carboxylic acids is 1. The van der Waals surface area contributed by atoms with Crippen LogP contribution in [0.3, 0.4) is 0 Å². The smallest absolute Gasteiger partial charge is 0.279 e. The minimum atomic E-state index is -0.389. The lowest BCUT2D eigenvalue weighted by Crippen LogP contribution is -2.19. The molecule has 7 nitrogen and oxygen atoms in total. The highest BCUT2D eigenvalue weighted by Gasteiger charge is 2.17. The average molecular weight is 431 g/mol. The molecule has 0 aliphatic rings. The third kappa shape index (κ3) is 4.20. The maximum Gasteiger partial charge on any atom is 0.279 e. The van der Waals surface area contributed by atoms with E-state index in [1.165, 1.54) is 43.8 Å². The molecule has 0 atom stereocenters. The zero-order chi connectivity index (χ0) is 21.8. The Morgan fingerprint density at radius 2 is 1.60 bits per heavy atom. The van der Waals surface area contributed by atoms with Gasteiger partial charge in [0.05, 0.1) is 38.2 Å². The normalized spacial score (nSPS) is 11.7. The molecule has 0 bridgehead atoms. The monoisotopic (exact) mass is 430 g/mol. The molecule has 1 aromatic heterocycles. The molecule has 30 heavy (non-hydrogen) atoms. The van der Waals surface area contributed by atoms with Crippen LogP contribution in [0.1, 0.15) is 21.5 Å². The van der Waals surface area contributed by atoms with Crippen molar-refractivity contribution in [1.29, 1.82) is 0 Å². The molecule has 8 heteroatoms. The average Bonchev–Trinajstić information content (AvgIpc) is 3.06. The second kappa shape index (κ2) is 9.32. The third-order valence-electron chi connectivity index (χ3n) is 4.93. The number of aryl methyl sites for hydroxylation is 2. The minimum Gasteiger partial charge on any atom is -0.493 e. The molecule has 2 aromatic carbocycles.